The number of hydrogen-bond acceptors (Lipinski definition) is 4. The van der Waals surface area contributed by atoms with Crippen molar-refractivity contribution in [1.82, 2.24) is 15.1 Å². The number of rotatable bonds is 3. The van der Waals surface area contributed by atoms with Gasteiger partial charge >= 0.3 is 0 Å². The Labute approximate surface area is 176 Å². The van der Waals surface area contributed by atoms with Gasteiger partial charge in [0, 0.05) is 36.6 Å². The molecule has 0 spiro atoms. The van der Waals surface area contributed by atoms with E-state index in [0.717, 1.165) is 30.8 Å². The fraction of sp³-hybridized carbons (Fsp3) is 0.478. The van der Waals surface area contributed by atoms with Crippen molar-refractivity contribution in [3.63, 3.8) is 0 Å². The minimum atomic E-state index is -0.216. The van der Waals surface area contributed by atoms with E-state index in [1.807, 2.05) is 25.7 Å². The average Bonchev–Trinajstić information content (AvgIpc) is 3.11. The molecule has 1 aromatic heterocycles. The fourth-order valence-corrected chi connectivity index (χ4v) is 5.34. The Hall–Kier alpha value is -2.18. The van der Waals surface area contributed by atoms with Gasteiger partial charge < -0.3 is 10.2 Å². The maximum atomic E-state index is 13.1. The molecule has 0 bridgehead atoms. The van der Waals surface area contributed by atoms with Gasteiger partial charge in [0.25, 0.3) is 5.91 Å². The van der Waals surface area contributed by atoms with Crippen LogP contribution in [0.3, 0.4) is 0 Å². The molecule has 5 nitrogen and oxygen atoms in total. The predicted octanol–water partition coefficient (Wildman–Crippen LogP) is 3.19. The molecule has 2 aromatic rings. The van der Waals surface area contributed by atoms with Gasteiger partial charge in [0.1, 0.15) is 0 Å². The van der Waals surface area contributed by atoms with Crippen LogP contribution in [0.15, 0.2) is 30.3 Å². The summed E-state index contributed by atoms with van der Waals surface area (Å²) in [6, 6.07) is 10.6. The van der Waals surface area contributed by atoms with Crippen molar-refractivity contribution in [3.05, 3.63) is 46.3 Å². The summed E-state index contributed by atoms with van der Waals surface area (Å²) in [4.78, 5) is 31.4. The minimum Gasteiger partial charge on any atom is -0.350 e. The van der Waals surface area contributed by atoms with Gasteiger partial charge in [-0.2, -0.15) is 0 Å². The minimum absolute atomic E-state index is 0.0434. The second kappa shape index (κ2) is 7.92. The van der Waals surface area contributed by atoms with E-state index in [4.69, 9.17) is 0 Å². The first-order valence-corrected chi connectivity index (χ1v) is 11.2. The second-order valence-corrected chi connectivity index (χ2v) is 10.0. The van der Waals surface area contributed by atoms with Crippen molar-refractivity contribution < 1.29 is 9.59 Å². The molecule has 1 aromatic carbocycles. The number of fused-ring (bicyclic) bond motifs is 3. The smallest absolute Gasteiger partial charge is 0.264 e. The molecule has 2 amide bonds. The summed E-state index contributed by atoms with van der Waals surface area (Å²) < 4.78 is 0. The van der Waals surface area contributed by atoms with Crippen molar-refractivity contribution in [2.45, 2.75) is 39.2 Å². The van der Waals surface area contributed by atoms with E-state index in [1.165, 1.54) is 21.6 Å². The van der Waals surface area contributed by atoms with E-state index in [0.29, 0.717) is 19.6 Å². The van der Waals surface area contributed by atoms with Crippen LogP contribution in [-0.2, 0) is 17.6 Å². The third-order valence-corrected chi connectivity index (χ3v) is 6.69. The highest BCUT2D eigenvalue weighted by atomic mass is 32.1. The molecule has 1 aliphatic heterocycles. The summed E-state index contributed by atoms with van der Waals surface area (Å²) in [5, 5.41) is 3.00. The van der Waals surface area contributed by atoms with Gasteiger partial charge in [-0.1, -0.05) is 24.3 Å². The van der Waals surface area contributed by atoms with Crippen molar-refractivity contribution in [1.29, 1.82) is 0 Å². The number of aryl methyl sites for hydroxylation is 2. The Kier molecular flexibility index (Phi) is 5.49. The zero-order valence-electron chi connectivity index (χ0n) is 17.5. The van der Waals surface area contributed by atoms with Crippen LogP contribution in [0.4, 0.5) is 0 Å². The lowest BCUT2D eigenvalue weighted by atomic mass is 9.91. The molecule has 29 heavy (non-hydrogen) atoms. The van der Waals surface area contributed by atoms with Gasteiger partial charge in [0.2, 0.25) is 5.91 Å². The van der Waals surface area contributed by atoms with Crippen molar-refractivity contribution in [2.24, 2.45) is 0 Å². The van der Waals surface area contributed by atoms with Crippen LogP contribution < -0.4 is 5.32 Å². The van der Waals surface area contributed by atoms with Crippen LogP contribution in [0.25, 0.3) is 10.4 Å². The predicted molar refractivity (Wildman–Crippen MR) is 117 cm³/mol. The summed E-state index contributed by atoms with van der Waals surface area (Å²) in [5.74, 6) is 0.169. The van der Waals surface area contributed by atoms with E-state index in [2.05, 4.69) is 40.5 Å². The van der Waals surface area contributed by atoms with Crippen LogP contribution in [0.5, 0.6) is 0 Å². The number of benzene rings is 1. The van der Waals surface area contributed by atoms with E-state index in [9.17, 15) is 9.59 Å². The Bertz CT molecular complexity index is 920. The summed E-state index contributed by atoms with van der Waals surface area (Å²) in [6.45, 7) is 9.15. The summed E-state index contributed by atoms with van der Waals surface area (Å²) in [5.41, 5.74) is 3.75. The molecule has 0 saturated carbocycles. The molecular weight excluding hydrogens is 382 g/mol. The molecular formula is C23H29N3O2S. The van der Waals surface area contributed by atoms with Gasteiger partial charge in [-0.05, 0) is 56.4 Å². The van der Waals surface area contributed by atoms with Crippen LogP contribution in [-0.4, -0.2) is 59.9 Å². The molecule has 0 radical (unpaired) electrons. The second-order valence-electron chi connectivity index (χ2n) is 8.99. The van der Waals surface area contributed by atoms with Gasteiger partial charge in [0.05, 0.1) is 11.4 Å². The lowest BCUT2D eigenvalue weighted by molar-refractivity contribution is -0.124. The summed E-state index contributed by atoms with van der Waals surface area (Å²) in [6.07, 6.45) is 2.05. The van der Waals surface area contributed by atoms with Crippen LogP contribution in [0.2, 0.25) is 0 Å². The maximum absolute atomic E-state index is 13.1. The van der Waals surface area contributed by atoms with E-state index in [1.54, 1.807) is 11.3 Å². The monoisotopic (exact) mass is 411 g/mol. The zero-order valence-corrected chi connectivity index (χ0v) is 18.3. The number of carbonyl (C=O) groups is 2. The zero-order chi connectivity index (χ0) is 20.6. The Morgan fingerprint density at radius 2 is 1.72 bits per heavy atom. The maximum Gasteiger partial charge on any atom is 0.264 e. The van der Waals surface area contributed by atoms with E-state index in [-0.39, 0.29) is 17.4 Å². The number of nitrogens with one attached hydrogen (secondary N) is 1. The topological polar surface area (TPSA) is 52.7 Å². The fourth-order valence-electron chi connectivity index (χ4n) is 4.10. The van der Waals surface area contributed by atoms with Gasteiger partial charge in [-0.25, -0.2) is 0 Å². The number of carbonyl (C=O) groups excluding carboxylic acids is 2. The van der Waals surface area contributed by atoms with Gasteiger partial charge in [-0.3, -0.25) is 14.5 Å². The lowest BCUT2D eigenvalue weighted by Crippen LogP contribution is -2.52. The standard InChI is InChI=1S/C23H29N3O2S/c1-23(2,3)24-20(27)15-25-10-12-26(13-11-25)22(28)19-14-17-9-8-16-6-4-5-7-18(16)21(17)29-19/h4-7,14H,8-13,15H2,1-3H3,(H,24,27). The highest BCUT2D eigenvalue weighted by Gasteiger charge is 2.27. The summed E-state index contributed by atoms with van der Waals surface area (Å²) >= 11 is 1.63. The SMILES string of the molecule is CC(C)(C)NC(=O)CN1CCN(C(=O)c2cc3c(s2)-c2ccccc2CC3)CC1. The molecule has 6 heteroatoms. The number of piperazine rings is 1. The van der Waals surface area contributed by atoms with Crippen molar-refractivity contribution in [3.8, 4) is 10.4 Å². The number of nitrogens with zero attached hydrogens (tertiary/aromatic N) is 2. The van der Waals surface area contributed by atoms with Crippen LogP contribution >= 0.6 is 11.3 Å². The van der Waals surface area contributed by atoms with Crippen molar-refractivity contribution in [2.75, 3.05) is 32.7 Å². The molecule has 2 aliphatic rings. The van der Waals surface area contributed by atoms with Gasteiger partial charge in [-0.15, -0.1) is 11.3 Å². The first-order chi connectivity index (χ1) is 13.8. The van der Waals surface area contributed by atoms with Crippen molar-refractivity contribution >= 4 is 23.2 Å². The normalized spacial score (nSPS) is 16.9. The van der Waals surface area contributed by atoms with E-state index >= 15 is 0 Å². The molecule has 1 aliphatic carbocycles. The average molecular weight is 412 g/mol. The quantitative estimate of drug-likeness (QED) is 0.844. The molecule has 2 heterocycles. The number of hydrogen-bond donors (Lipinski definition) is 1. The molecule has 0 atom stereocenters. The molecule has 1 fully saturated rings. The molecule has 1 saturated heterocycles. The molecule has 154 valence electrons. The summed E-state index contributed by atoms with van der Waals surface area (Å²) in [7, 11) is 0. The first-order valence-electron chi connectivity index (χ1n) is 10.3. The lowest BCUT2D eigenvalue weighted by Gasteiger charge is -2.34. The molecule has 0 unspecified atom stereocenters. The van der Waals surface area contributed by atoms with Crippen LogP contribution in [0, 0.1) is 0 Å². The highest BCUT2D eigenvalue weighted by molar-refractivity contribution is 7.17. The highest BCUT2D eigenvalue weighted by Crippen LogP contribution is 2.39. The molecule has 4 rings (SSSR count). The third kappa shape index (κ3) is 4.54. The first kappa shape index (κ1) is 20.1. The Morgan fingerprint density at radius 1 is 1.03 bits per heavy atom. The van der Waals surface area contributed by atoms with E-state index < -0.39 is 0 Å². The Balaban J connectivity index is 1.38. The van der Waals surface area contributed by atoms with Gasteiger partial charge in [0.15, 0.2) is 0 Å². The van der Waals surface area contributed by atoms with Crippen LogP contribution in [0.1, 0.15) is 41.6 Å². The number of thiophene rings is 1. The molecule has 1 N–H and O–H groups in total. The Morgan fingerprint density at radius 3 is 2.45 bits per heavy atom. The largest absolute Gasteiger partial charge is 0.350 e. The number of amides is 2. The third-order valence-electron chi connectivity index (χ3n) is 5.49.